The molecule has 1 aliphatic rings. The third-order valence-corrected chi connectivity index (χ3v) is 3.92. The van der Waals surface area contributed by atoms with Crippen LogP contribution in [-0.4, -0.2) is 39.4 Å². The van der Waals surface area contributed by atoms with Gasteiger partial charge in [0.2, 0.25) is 0 Å². The van der Waals surface area contributed by atoms with Gasteiger partial charge in [0.05, 0.1) is 0 Å². The molecular weight excluding hydrogens is 214 g/mol. The van der Waals surface area contributed by atoms with Gasteiger partial charge in [-0.2, -0.15) is 0 Å². The van der Waals surface area contributed by atoms with Gasteiger partial charge in [0.1, 0.15) is 0 Å². The molecule has 2 N–H and O–H groups in total. The molecule has 0 radical (unpaired) electrons. The van der Waals surface area contributed by atoms with E-state index >= 15 is 0 Å². The lowest BCUT2D eigenvalue weighted by atomic mass is 10.1. The van der Waals surface area contributed by atoms with E-state index in [2.05, 4.69) is 5.32 Å². The Bertz CT molecular complexity index is 278. The van der Waals surface area contributed by atoms with Gasteiger partial charge < -0.3 is 10.4 Å². The van der Waals surface area contributed by atoms with Crippen molar-refractivity contribution in [3.8, 4) is 0 Å². The molecule has 0 saturated carbocycles. The van der Waals surface area contributed by atoms with Gasteiger partial charge in [0.25, 0.3) is 0 Å². The monoisotopic (exact) mass is 231 g/mol. The number of carbonyl (C=O) groups is 1. The third kappa shape index (κ3) is 4.57. The van der Waals surface area contributed by atoms with E-state index in [1.165, 1.54) is 0 Å². The van der Waals surface area contributed by atoms with E-state index in [1.54, 1.807) is 13.0 Å². The molecule has 1 rings (SSSR count). The van der Waals surface area contributed by atoms with Crippen LogP contribution in [-0.2, 0) is 15.6 Å². The van der Waals surface area contributed by atoms with Crippen LogP contribution >= 0.6 is 0 Å². The summed E-state index contributed by atoms with van der Waals surface area (Å²) in [7, 11) is -0.632. The zero-order valence-corrected chi connectivity index (χ0v) is 9.68. The maximum Gasteiger partial charge on any atom is 0.330 e. The topological polar surface area (TPSA) is 66.4 Å². The standard InChI is InChI=1S/C10H17NO3S/c1-8(10(12)13)2-5-11-9-3-6-15(14)7-4-9/h2,9,11H,3-7H2,1H3,(H,12,13). The van der Waals surface area contributed by atoms with Crippen molar-refractivity contribution >= 4 is 16.8 Å². The van der Waals surface area contributed by atoms with Crippen molar-refractivity contribution in [2.75, 3.05) is 18.1 Å². The van der Waals surface area contributed by atoms with Gasteiger partial charge in [0.15, 0.2) is 0 Å². The molecule has 1 aliphatic heterocycles. The SMILES string of the molecule is CC(=CCNC1CCS(=O)CC1)C(=O)O. The highest BCUT2D eigenvalue weighted by atomic mass is 32.2. The van der Waals surface area contributed by atoms with Crippen LogP contribution in [0.4, 0.5) is 0 Å². The Balaban J connectivity index is 2.23. The lowest BCUT2D eigenvalue weighted by molar-refractivity contribution is -0.132. The summed E-state index contributed by atoms with van der Waals surface area (Å²) in [6.45, 7) is 2.16. The predicted molar refractivity (Wildman–Crippen MR) is 60.3 cm³/mol. The predicted octanol–water partition coefficient (Wildman–Crippen LogP) is 0.518. The number of rotatable bonds is 4. The van der Waals surface area contributed by atoms with E-state index in [0.717, 1.165) is 24.3 Å². The highest BCUT2D eigenvalue weighted by Gasteiger charge is 2.16. The third-order valence-electron chi connectivity index (χ3n) is 2.54. The lowest BCUT2D eigenvalue weighted by Crippen LogP contribution is -2.35. The van der Waals surface area contributed by atoms with Gasteiger partial charge in [0, 0.05) is 40.5 Å². The van der Waals surface area contributed by atoms with Gasteiger partial charge in [-0.05, 0) is 19.8 Å². The van der Waals surface area contributed by atoms with Crippen molar-refractivity contribution in [1.29, 1.82) is 0 Å². The van der Waals surface area contributed by atoms with E-state index in [9.17, 15) is 9.00 Å². The van der Waals surface area contributed by atoms with E-state index in [4.69, 9.17) is 5.11 Å². The van der Waals surface area contributed by atoms with Crippen molar-refractivity contribution in [3.63, 3.8) is 0 Å². The molecular formula is C10H17NO3S. The summed E-state index contributed by atoms with van der Waals surface area (Å²) >= 11 is 0. The van der Waals surface area contributed by atoms with E-state index < -0.39 is 16.8 Å². The van der Waals surface area contributed by atoms with Crippen LogP contribution in [0.15, 0.2) is 11.6 Å². The summed E-state index contributed by atoms with van der Waals surface area (Å²) < 4.78 is 11.1. The molecule has 1 heterocycles. The van der Waals surface area contributed by atoms with Gasteiger partial charge in [-0.3, -0.25) is 4.21 Å². The second-order valence-electron chi connectivity index (χ2n) is 3.72. The van der Waals surface area contributed by atoms with E-state index in [0.29, 0.717) is 18.2 Å². The molecule has 86 valence electrons. The number of aliphatic carboxylic acids is 1. The Morgan fingerprint density at radius 2 is 2.13 bits per heavy atom. The summed E-state index contributed by atoms with van der Waals surface area (Å²) in [6.07, 6.45) is 3.52. The Morgan fingerprint density at radius 3 is 2.67 bits per heavy atom. The van der Waals surface area contributed by atoms with Crippen molar-refractivity contribution in [1.82, 2.24) is 5.32 Å². The molecule has 0 aromatic heterocycles. The van der Waals surface area contributed by atoms with Gasteiger partial charge in [-0.1, -0.05) is 6.08 Å². The largest absolute Gasteiger partial charge is 0.478 e. The van der Waals surface area contributed by atoms with Crippen LogP contribution < -0.4 is 5.32 Å². The van der Waals surface area contributed by atoms with Gasteiger partial charge in [-0.15, -0.1) is 0 Å². The lowest BCUT2D eigenvalue weighted by Gasteiger charge is -2.21. The van der Waals surface area contributed by atoms with Crippen molar-refractivity contribution in [2.24, 2.45) is 0 Å². The molecule has 4 nitrogen and oxygen atoms in total. The maximum absolute atomic E-state index is 11.1. The Morgan fingerprint density at radius 1 is 1.53 bits per heavy atom. The molecule has 1 saturated heterocycles. The van der Waals surface area contributed by atoms with Crippen molar-refractivity contribution in [2.45, 2.75) is 25.8 Å². The van der Waals surface area contributed by atoms with Crippen molar-refractivity contribution < 1.29 is 14.1 Å². The number of hydrogen-bond acceptors (Lipinski definition) is 3. The minimum Gasteiger partial charge on any atom is -0.478 e. The first-order valence-corrected chi connectivity index (χ1v) is 6.57. The normalized spacial score (nSPS) is 27.7. The molecule has 0 spiro atoms. The highest BCUT2D eigenvalue weighted by Crippen LogP contribution is 2.08. The number of hydrogen-bond donors (Lipinski definition) is 2. The summed E-state index contributed by atoms with van der Waals surface area (Å²) in [6, 6.07) is 0.389. The maximum atomic E-state index is 11.1. The van der Waals surface area contributed by atoms with Gasteiger partial charge in [-0.25, -0.2) is 4.79 Å². The van der Waals surface area contributed by atoms with E-state index in [-0.39, 0.29) is 0 Å². The smallest absolute Gasteiger partial charge is 0.330 e. The number of nitrogens with one attached hydrogen (secondary N) is 1. The second-order valence-corrected chi connectivity index (χ2v) is 5.42. The van der Waals surface area contributed by atoms with Crippen molar-refractivity contribution in [3.05, 3.63) is 11.6 Å². The molecule has 15 heavy (non-hydrogen) atoms. The molecule has 0 aromatic rings. The molecule has 0 aliphatic carbocycles. The molecule has 0 amide bonds. The number of carboxylic acids is 1. The summed E-state index contributed by atoms with van der Waals surface area (Å²) in [5.74, 6) is 0.653. The van der Waals surface area contributed by atoms with Crippen LogP contribution in [0.1, 0.15) is 19.8 Å². The van der Waals surface area contributed by atoms with Crippen LogP contribution in [0.3, 0.4) is 0 Å². The Kier molecular flexibility index (Phi) is 4.98. The molecule has 0 atom stereocenters. The molecule has 0 aromatic carbocycles. The summed E-state index contributed by atoms with van der Waals surface area (Å²) in [5, 5.41) is 11.9. The highest BCUT2D eigenvalue weighted by molar-refractivity contribution is 7.85. The fourth-order valence-electron chi connectivity index (χ4n) is 1.46. The summed E-state index contributed by atoms with van der Waals surface area (Å²) in [5.41, 5.74) is 0.363. The first kappa shape index (κ1) is 12.4. The first-order valence-electron chi connectivity index (χ1n) is 5.08. The fraction of sp³-hybridized carbons (Fsp3) is 0.700. The average Bonchev–Trinajstić information content (AvgIpc) is 2.20. The van der Waals surface area contributed by atoms with E-state index in [1.807, 2.05) is 0 Å². The minimum absolute atomic E-state index is 0.363. The van der Waals surface area contributed by atoms with Crippen LogP contribution in [0.25, 0.3) is 0 Å². The van der Waals surface area contributed by atoms with Crippen LogP contribution in [0.5, 0.6) is 0 Å². The molecule has 0 bridgehead atoms. The van der Waals surface area contributed by atoms with Crippen LogP contribution in [0.2, 0.25) is 0 Å². The minimum atomic E-state index is -0.874. The molecule has 0 unspecified atom stereocenters. The second kappa shape index (κ2) is 6.02. The fourth-order valence-corrected chi connectivity index (χ4v) is 2.76. The zero-order valence-electron chi connectivity index (χ0n) is 8.86. The first-order chi connectivity index (χ1) is 7.09. The summed E-state index contributed by atoms with van der Waals surface area (Å²) in [4.78, 5) is 10.5. The zero-order chi connectivity index (χ0) is 11.3. The van der Waals surface area contributed by atoms with Crippen LogP contribution in [0, 0.1) is 0 Å². The number of carboxylic acid groups (broad SMARTS) is 1. The molecule has 5 heteroatoms. The van der Waals surface area contributed by atoms with Gasteiger partial charge >= 0.3 is 5.97 Å². The Labute approximate surface area is 92.2 Å². The molecule has 1 fully saturated rings. The average molecular weight is 231 g/mol. The quantitative estimate of drug-likeness (QED) is 0.692. The Hall–Kier alpha value is -0.680.